The van der Waals surface area contributed by atoms with Crippen LogP contribution in [0.1, 0.15) is 20.7 Å². The zero-order valence-electron chi connectivity index (χ0n) is 16.9. The number of rotatable bonds is 6. The van der Waals surface area contributed by atoms with Gasteiger partial charge in [-0.25, -0.2) is 9.59 Å². The van der Waals surface area contributed by atoms with Crippen LogP contribution in [0.2, 0.25) is 0 Å². The topological polar surface area (TPSA) is 91.7 Å². The third kappa shape index (κ3) is 3.86. The van der Waals surface area contributed by atoms with E-state index in [9.17, 15) is 24.4 Å². The summed E-state index contributed by atoms with van der Waals surface area (Å²) in [6.07, 6.45) is 0. The van der Waals surface area contributed by atoms with Crippen molar-refractivity contribution in [2.45, 2.75) is 0 Å². The lowest BCUT2D eigenvalue weighted by Gasteiger charge is -2.23. The average molecular weight is 442 g/mol. The molecule has 0 saturated carbocycles. The Morgan fingerprint density at radius 1 is 0.594 bits per heavy atom. The van der Waals surface area contributed by atoms with Crippen LogP contribution in [-0.4, -0.2) is 22.2 Å². The zero-order chi connectivity index (χ0) is 22.7. The maximum atomic E-state index is 14.9. The lowest BCUT2D eigenvalue weighted by atomic mass is 10.0. The minimum Gasteiger partial charge on any atom is -0.478 e. The molecule has 0 aliphatic rings. The summed E-state index contributed by atoms with van der Waals surface area (Å²) in [5, 5.41) is 20.4. The van der Waals surface area contributed by atoms with Crippen LogP contribution < -0.4 is 15.9 Å². The minimum atomic E-state index is -3.46. The quantitative estimate of drug-likeness (QED) is 0.432. The molecule has 4 aromatic carbocycles. The molecule has 0 unspecified atom stereocenters. The Bertz CT molecular complexity index is 1290. The molecule has 0 amide bonds. The third-order valence-electron chi connectivity index (χ3n) is 5.27. The van der Waals surface area contributed by atoms with Crippen molar-refractivity contribution in [2.24, 2.45) is 0 Å². The Labute approximate surface area is 185 Å². The van der Waals surface area contributed by atoms with Crippen LogP contribution in [0.3, 0.4) is 0 Å². The molecule has 0 aliphatic heterocycles. The van der Waals surface area contributed by atoms with Crippen molar-refractivity contribution in [3.63, 3.8) is 0 Å². The van der Waals surface area contributed by atoms with Gasteiger partial charge in [0.1, 0.15) is 0 Å². The van der Waals surface area contributed by atoms with Gasteiger partial charge in [0.25, 0.3) is 0 Å². The van der Waals surface area contributed by atoms with Gasteiger partial charge in [-0.2, -0.15) is 0 Å². The Morgan fingerprint density at radius 2 is 1.06 bits per heavy atom. The first-order valence-electron chi connectivity index (χ1n) is 9.84. The maximum absolute atomic E-state index is 14.9. The third-order valence-corrected chi connectivity index (χ3v) is 8.37. The van der Waals surface area contributed by atoms with Crippen LogP contribution >= 0.6 is 7.14 Å². The van der Waals surface area contributed by atoms with E-state index in [4.69, 9.17) is 0 Å². The predicted molar refractivity (Wildman–Crippen MR) is 125 cm³/mol. The maximum Gasteiger partial charge on any atom is 0.335 e. The summed E-state index contributed by atoms with van der Waals surface area (Å²) < 4.78 is 14.9. The monoisotopic (exact) mass is 442 g/mol. The fourth-order valence-electron chi connectivity index (χ4n) is 3.66. The van der Waals surface area contributed by atoms with Crippen molar-refractivity contribution in [2.75, 3.05) is 0 Å². The van der Waals surface area contributed by atoms with E-state index in [0.717, 1.165) is 0 Å². The van der Waals surface area contributed by atoms with Crippen molar-refractivity contribution >= 4 is 35.0 Å². The van der Waals surface area contributed by atoms with E-state index >= 15 is 0 Å². The van der Waals surface area contributed by atoms with Gasteiger partial charge in [-0.1, -0.05) is 78.9 Å². The second-order valence-electron chi connectivity index (χ2n) is 7.20. The van der Waals surface area contributed by atoms with Crippen LogP contribution in [0, 0.1) is 0 Å². The number of carboxylic acid groups (broad SMARTS) is 2. The molecular formula is C26H19O5P. The fourth-order valence-corrected chi connectivity index (χ4v) is 6.57. The molecule has 4 aromatic rings. The number of hydrogen-bond acceptors (Lipinski definition) is 3. The highest BCUT2D eigenvalue weighted by molar-refractivity contribution is 7.85. The summed E-state index contributed by atoms with van der Waals surface area (Å²) in [5.41, 5.74) is 1.39. The standard InChI is InChI=1S/C26H19O5P/c27-25(28)19-13-11-18(12-14-19)23-16-15-20(26(29)30)17-24(23)32(31,21-7-3-1-4-8-21)22-9-5-2-6-10-22/h1-17H,(H,27,28)(H,29,30). The highest BCUT2D eigenvalue weighted by Crippen LogP contribution is 2.45. The summed E-state index contributed by atoms with van der Waals surface area (Å²) in [5.74, 6) is -2.16. The molecule has 158 valence electrons. The van der Waals surface area contributed by atoms with Gasteiger partial charge in [-0.15, -0.1) is 0 Å². The van der Waals surface area contributed by atoms with Gasteiger partial charge in [0.15, 0.2) is 7.14 Å². The van der Waals surface area contributed by atoms with Crippen molar-refractivity contribution in [3.05, 3.63) is 114 Å². The average Bonchev–Trinajstić information content (AvgIpc) is 2.84. The molecule has 32 heavy (non-hydrogen) atoms. The van der Waals surface area contributed by atoms with Crippen LogP contribution in [0.4, 0.5) is 0 Å². The summed E-state index contributed by atoms with van der Waals surface area (Å²) in [7, 11) is -3.46. The molecule has 0 bridgehead atoms. The van der Waals surface area contributed by atoms with Gasteiger partial charge >= 0.3 is 11.9 Å². The molecule has 2 N–H and O–H groups in total. The summed E-state index contributed by atoms with van der Waals surface area (Å²) >= 11 is 0. The van der Waals surface area contributed by atoms with E-state index < -0.39 is 19.1 Å². The van der Waals surface area contributed by atoms with E-state index in [0.29, 0.717) is 27.0 Å². The number of aromatic carboxylic acids is 2. The molecule has 0 heterocycles. The van der Waals surface area contributed by atoms with Crippen LogP contribution in [0.5, 0.6) is 0 Å². The van der Waals surface area contributed by atoms with Gasteiger partial charge in [0.2, 0.25) is 0 Å². The SMILES string of the molecule is O=C(O)c1ccc(-c2ccc(C(=O)O)cc2P(=O)(c2ccccc2)c2ccccc2)cc1. The molecule has 5 nitrogen and oxygen atoms in total. The molecule has 0 saturated heterocycles. The summed E-state index contributed by atoms with van der Waals surface area (Å²) in [6, 6.07) is 28.8. The van der Waals surface area contributed by atoms with Crippen LogP contribution in [0.25, 0.3) is 11.1 Å². The molecule has 0 radical (unpaired) electrons. The number of hydrogen-bond donors (Lipinski definition) is 2. The Morgan fingerprint density at radius 3 is 1.53 bits per heavy atom. The molecule has 0 spiro atoms. The van der Waals surface area contributed by atoms with E-state index in [2.05, 4.69) is 0 Å². The predicted octanol–water partition coefficient (Wildman–Crippen LogP) is 4.39. The highest BCUT2D eigenvalue weighted by atomic mass is 31.2. The first-order chi connectivity index (χ1) is 15.4. The van der Waals surface area contributed by atoms with Crippen molar-refractivity contribution in [1.82, 2.24) is 0 Å². The largest absolute Gasteiger partial charge is 0.478 e. The van der Waals surface area contributed by atoms with Crippen LogP contribution in [-0.2, 0) is 4.57 Å². The van der Waals surface area contributed by atoms with Gasteiger partial charge in [-0.05, 0) is 35.4 Å². The lowest BCUT2D eigenvalue weighted by molar-refractivity contribution is 0.0686. The van der Waals surface area contributed by atoms with Gasteiger partial charge in [-0.3, -0.25) is 0 Å². The van der Waals surface area contributed by atoms with Gasteiger partial charge in [0.05, 0.1) is 11.1 Å². The van der Waals surface area contributed by atoms with Gasteiger partial charge < -0.3 is 14.8 Å². The smallest absolute Gasteiger partial charge is 0.335 e. The number of carboxylic acids is 2. The normalized spacial score (nSPS) is 11.1. The molecule has 0 fully saturated rings. The van der Waals surface area contributed by atoms with Crippen molar-refractivity contribution in [3.8, 4) is 11.1 Å². The van der Waals surface area contributed by atoms with Gasteiger partial charge in [0, 0.05) is 15.9 Å². The molecule has 0 aliphatic carbocycles. The number of carbonyl (C=O) groups is 2. The zero-order valence-corrected chi connectivity index (χ0v) is 17.8. The second-order valence-corrected chi connectivity index (χ2v) is 9.93. The van der Waals surface area contributed by atoms with E-state index in [1.807, 2.05) is 12.1 Å². The fraction of sp³-hybridized carbons (Fsp3) is 0. The van der Waals surface area contributed by atoms with Crippen molar-refractivity contribution < 1.29 is 24.4 Å². The highest BCUT2D eigenvalue weighted by Gasteiger charge is 2.33. The summed E-state index contributed by atoms with van der Waals surface area (Å²) in [6.45, 7) is 0. The Hall–Kier alpha value is -3.95. The Balaban J connectivity index is 2.04. The first kappa shape index (κ1) is 21.3. The molecule has 4 rings (SSSR count). The molecule has 0 atom stereocenters. The Kier molecular flexibility index (Phi) is 5.76. The van der Waals surface area contributed by atoms with E-state index in [-0.39, 0.29) is 11.1 Å². The summed E-state index contributed by atoms with van der Waals surface area (Å²) in [4.78, 5) is 23.0. The minimum absolute atomic E-state index is 0.0259. The lowest BCUT2D eigenvalue weighted by Crippen LogP contribution is -2.27. The number of benzene rings is 4. The molecular weight excluding hydrogens is 423 g/mol. The molecule has 6 heteroatoms. The first-order valence-corrected chi connectivity index (χ1v) is 11.5. The van der Waals surface area contributed by atoms with Crippen molar-refractivity contribution in [1.29, 1.82) is 0 Å². The van der Waals surface area contributed by atoms with E-state index in [1.165, 1.54) is 24.3 Å². The van der Waals surface area contributed by atoms with Crippen LogP contribution in [0.15, 0.2) is 103 Å². The second kappa shape index (κ2) is 8.66. The molecule has 0 aromatic heterocycles. The van der Waals surface area contributed by atoms with E-state index in [1.54, 1.807) is 66.7 Å².